The van der Waals surface area contributed by atoms with E-state index in [1.54, 1.807) is 7.11 Å². The Balaban J connectivity index is 1.71. The molecule has 0 radical (unpaired) electrons. The number of ether oxygens (including phenoxy) is 1. The van der Waals surface area contributed by atoms with Crippen molar-refractivity contribution in [3.8, 4) is 5.75 Å². The molecule has 0 bridgehead atoms. The Bertz CT molecular complexity index is 783. The molecule has 6 heteroatoms. The van der Waals surface area contributed by atoms with E-state index < -0.39 is 0 Å². The first-order chi connectivity index (χ1) is 12.5. The van der Waals surface area contributed by atoms with Crippen LogP contribution in [0.1, 0.15) is 38.9 Å². The number of methoxy groups -OCH3 is 1. The van der Waals surface area contributed by atoms with Crippen LogP contribution >= 0.6 is 0 Å². The van der Waals surface area contributed by atoms with Gasteiger partial charge >= 0.3 is 0 Å². The number of carbonyl (C=O) groups is 1. The van der Waals surface area contributed by atoms with Crippen molar-refractivity contribution in [1.82, 2.24) is 14.9 Å². The molecule has 1 aromatic heterocycles. The minimum atomic E-state index is 0.270. The number of anilines is 1. The molecule has 2 heterocycles. The fraction of sp³-hybridized carbons (Fsp3) is 0.550. The largest absolute Gasteiger partial charge is 0.497 e. The van der Waals surface area contributed by atoms with Crippen LogP contribution in [0, 0.1) is 12.8 Å². The number of nitrogens with one attached hydrogen (secondary N) is 1. The highest BCUT2D eigenvalue weighted by atomic mass is 16.5. The molecule has 1 aliphatic heterocycles. The lowest BCUT2D eigenvalue weighted by Gasteiger charge is -2.33. The second-order valence-electron chi connectivity index (χ2n) is 7.40. The summed E-state index contributed by atoms with van der Waals surface area (Å²) < 4.78 is 5.34. The first kappa shape index (κ1) is 18.4. The van der Waals surface area contributed by atoms with Gasteiger partial charge in [0.15, 0.2) is 0 Å². The topological polar surface area (TPSA) is 67.4 Å². The number of likely N-dealkylation sites (tertiary alicyclic amines) is 1. The highest BCUT2D eigenvalue weighted by Crippen LogP contribution is 2.27. The van der Waals surface area contributed by atoms with Crippen LogP contribution in [0.3, 0.4) is 0 Å². The summed E-state index contributed by atoms with van der Waals surface area (Å²) in [7, 11) is 1.66. The number of benzene rings is 1. The first-order valence-electron chi connectivity index (χ1n) is 9.33. The van der Waals surface area contributed by atoms with Crippen LogP contribution in [0.4, 0.5) is 5.82 Å². The molecule has 0 atom stereocenters. The molecule has 140 valence electrons. The predicted octanol–water partition coefficient (Wildman–Crippen LogP) is 3.40. The van der Waals surface area contributed by atoms with Crippen molar-refractivity contribution < 1.29 is 9.53 Å². The fourth-order valence-corrected chi connectivity index (χ4v) is 3.41. The normalized spacial score (nSPS) is 15.5. The zero-order chi connectivity index (χ0) is 18.7. The van der Waals surface area contributed by atoms with Crippen LogP contribution in [-0.4, -0.2) is 47.0 Å². The molecule has 6 nitrogen and oxygen atoms in total. The highest BCUT2D eigenvalue weighted by molar-refractivity contribution is 5.90. The first-order valence-corrected chi connectivity index (χ1v) is 9.33. The lowest BCUT2D eigenvalue weighted by atomic mass is 10.0. The molecule has 0 unspecified atom stereocenters. The van der Waals surface area contributed by atoms with Gasteiger partial charge in [-0.1, -0.05) is 13.8 Å². The van der Waals surface area contributed by atoms with Crippen molar-refractivity contribution >= 4 is 22.6 Å². The third kappa shape index (κ3) is 4.23. The zero-order valence-corrected chi connectivity index (χ0v) is 16.1. The van der Waals surface area contributed by atoms with Crippen LogP contribution in [-0.2, 0) is 4.79 Å². The van der Waals surface area contributed by atoms with Crippen LogP contribution in [0.5, 0.6) is 5.75 Å². The van der Waals surface area contributed by atoms with Gasteiger partial charge in [0.05, 0.1) is 12.6 Å². The molecule has 1 saturated heterocycles. The van der Waals surface area contributed by atoms with E-state index in [1.165, 1.54) is 0 Å². The van der Waals surface area contributed by atoms with Gasteiger partial charge in [-0.25, -0.2) is 9.97 Å². The van der Waals surface area contributed by atoms with Crippen molar-refractivity contribution in [2.24, 2.45) is 5.92 Å². The summed E-state index contributed by atoms with van der Waals surface area (Å²) in [6.07, 6.45) is 2.49. The quantitative estimate of drug-likeness (QED) is 0.889. The number of aromatic nitrogens is 2. The second-order valence-corrected chi connectivity index (χ2v) is 7.40. The molecule has 0 spiro atoms. The summed E-state index contributed by atoms with van der Waals surface area (Å²) in [5, 5.41) is 4.54. The van der Waals surface area contributed by atoms with Gasteiger partial charge in [-0.3, -0.25) is 4.79 Å². The molecule has 1 amide bonds. The van der Waals surface area contributed by atoms with Crippen LogP contribution < -0.4 is 10.1 Å². The van der Waals surface area contributed by atoms with E-state index in [0.717, 1.165) is 54.2 Å². The van der Waals surface area contributed by atoms with Crippen LogP contribution in [0.25, 0.3) is 10.9 Å². The summed E-state index contributed by atoms with van der Waals surface area (Å²) in [6.45, 7) is 7.68. The number of fused-ring (bicyclic) bond motifs is 1. The molecule has 26 heavy (non-hydrogen) atoms. The van der Waals surface area contributed by atoms with Gasteiger partial charge < -0.3 is 15.0 Å². The Labute approximate surface area is 155 Å². The smallest absolute Gasteiger partial charge is 0.222 e. The highest BCUT2D eigenvalue weighted by Gasteiger charge is 2.23. The van der Waals surface area contributed by atoms with Gasteiger partial charge in [0.25, 0.3) is 0 Å². The van der Waals surface area contributed by atoms with Gasteiger partial charge in [0.1, 0.15) is 17.4 Å². The minimum absolute atomic E-state index is 0.270. The maximum absolute atomic E-state index is 12.2. The maximum Gasteiger partial charge on any atom is 0.222 e. The molecule has 2 aromatic rings. The number of amides is 1. The summed E-state index contributed by atoms with van der Waals surface area (Å²) in [5.74, 6) is 3.06. The molecular weight excluding hydrogens is 328 g/mol. The molecule has 1 N–H and O–H groups in total. The molecule has 0 saturated carbocycles. The van der Waals surface area contributed by atoms with Crippen molar-refractivity contribution in [1.29, 1.82) is 0 Å². The number of nitrogens with zero attached hydrogens (tertiary/aromatic N) is 3. The Kier molecular flexibility index (Phi) is 5.59. The molecule has 1 aromatic carbocycles. The van der Waals surface area contributed by atoms with E-state index in [1.807, 2.05) is 30.0 Å². The maximum atomic E-state index is 12.2. The standard InChI is InChI=1S/C20H28N4O2/c1-13(2)11-19(25)24-9-7-15(8-10-24)23-20-17-12-16(26-4)5-6-18(17)21-14(3)22-20/h5-6,12-13,15H,7-11H2,1-4H3,(H,21,22,23). The molecule has 3 rings (SSSR count). The number of aryl methyl sites for hydroxylation is 1. The average Bonchev–Trinajstić information content (AvgIpc) is 2.61. The van der Waals surface area contributed by atoms with E-state index in [4.69, 9.17) is 4.74 Å². The minimum Gasteiger partial charge on any atom is -0.497 e. The number of hydrogen-bond acceptors (Lipinski definition) is 5. The number of piperidine rings is 1. The molecule has 1 aliphatic rings. The molecular formula is C20H28N4O2. The Hall–Kier alpha value is -2.37. The third-order valence-corrected chi connectivity index (χ3v) is 4.79. The van der Waals surface area contributed by atoms with Crippen molar-refractivity contribution in [3.05, 3.63) is 24.0 Å². The SMILES string of the molecule is COc1ccc2nc(C)nc(NC3CCN(C(=O)CC(C)C)CC3)c2c1. The Morgan fingerprint density at radius 2 is 2.04 bits per heavy atom. The van der Waals surface area contributed by atoms with Crippen LogP contribution in [0.15, 0.2) is 18.2 Å². The molecule has 0 aliphatic carbocycles. The number of rotatable bonds is 5. The average molecular weight is 356 g/mol. The molecule has 1 fully saturated rings. The van der Waals surface area contributed by atoms with Gasteiger partial charge in [-0.15, -0.1) is 0 Å². The lowest BCUT2D eigenvalue weighted by molar-refractivity contribution is -0.132. The Morgan fingerprint density at radius 3 is 2.69 bits per heavy atom. The third-order valence-electron chi connectivity index (χ3n) is 4.79. The summed E-state index contributed by atoms with van der Waals surface area (Å²) in [6, 6.07) is 6.15. The number of hydrogen-bond donors (Lipinski definition) is 1. The van der Waals surface area contributed by atoms with E-state index in [2.05, 4.69) is 29.1 Å². The van der Waals surface area contributed by atoms with E-state index in [0.29, 0.717) is 18.4 Å². The summed E-state index contributed by atoms with van der Waals surface area (Å²) >= 11 is 0. The van der Waals surface area contributed by atoms with Crippen molar-refractivity contribution in [3.63, 3.8) is 0 Å². The van der Waals surface area contributed by atoms with E-state index >= 15 is 0 Å². The monoisotopic (exact) mass is 356 g/mol. The zero-order valence-electron chi connectivity index (χ0n) is 16.1. The van der Waals surface area contributed by atoms with Gasteiger partial charge in [0, 0.05) is 30.9 Å². The second kappa shape index (κ2) is 7.89. The van der Waals surface area contributed by atoms with Gasteiger partial charge in [-0.05, 0) is 43.9 Å². The fourth-order valence-electron chi connectivity index (χ4n) is 3.41. The van der Waals surface area contributed by atoms with Crippen LogP contribution in [0.2, 0.25) is 0 Å². The Morgan fingerprint density at radius 1 is 1.31 bits per heavy atom. The van der Waals surface area contributed by atoms with E-state index in [9.17, 15) is 4.79 Å². The van der Waals surface area contributed by atoms with Gasteiger partial charge in [-0.2, -0.15) is 0 Å². The van der Waals surface area contributed by atoms with Crippen molar-refractivity contribution in [2.75, 3.05) is 25.5 Å². The lowest BCUT2D eigenvalue weighted by Crippen LogP contribution is -2.42. The summed E-state index contributed by atoms with van der Waals surface area (Å²) in [4.78, 5) is 23.3. The predicted molar refractivity (Wildman–Crippen MR) is 104 cm³/mol. The summed E-state index contributed by atoms with van der Waals surface area (Å²) in [5.41, 5.74) is 0.908. The van der Waals surface area contributed by atoms with E-state index in [-0.39, 0.29) is 5.91 Å². The van der Waals surface area contributed by atoms with Gasteiger partial charge in [0.2, 0.25) is 5.91 Å². The number of carbonyl (C=O) groups excluding carboxylic acids is 1. The van der Waals surface area contributed by atoms with Crippen molar-refractivity contribution in [2.45, 2.75) is 46.1 Å².